The van der Waals surface area contributed by atoms with Crippen LogP contribution in [0.15, 0.2) is 90.9 Å². The first-order chi connectivity index (χ1) is 12.8. The summed E-state index contributed by atoms with van der Waals surface area (Å²) in [6.07, 6.45) is 9.74. The summed E-state index contributed by atoms with van der Waals surface area (Å²) in [6.45, 7) is 5.49. The summed E-state index contributed by atoms with van der Waals surface area (Å²) in [7, 11) is 0. The molecule has 0 spiro atoms. The van der Waals surface area contributed by atoms with Crippen molar-refractivity contribution in [3.8, 4) is 0 Å². The van der Waals surface area contributed by atoms with Gasteiger partial charge < -0.3 is 9.47 Å². The van der Waals surface area contributed by atoms with Gasteiger partial charge in [0, 0.05) is 0 Å². The molecule has 0 radical (unpaired) electrons. The van der Waals surface area contributed by atoms with Crippen molar-refractivity contribution in [2.75, 3.05) is 6.61 Å². The third-order valence-corrected chi connectivity index (χ3v) is 3.92. The first kappa shape index (κ1) is 19.7. The molecule has 0 aliphatic carbocycles. The zero-order chi connectivity index (χ0) is 18.5. The second kappa shape index (κ2) is 11.9. The van der Waals surface area contributed by atoms with Crippen molar-refractivity contribution in [2.45, 2.75) is 33.3 Å². The Bertz CT molecular complexity index is 712. The van der Waals surface area contributed by atoms with Gasteiger partial charge in [-0.15, -0.1) is 0 Å². The van der Waals surface area contributed by atoms with E-state index in [1.807, 2.05) is 49.4 Å². The van der Waals surface area contributed by atoms with Crippen LogP contribution < -0.4 is 0 Å². The molecule has 0 saturated heterocycles. The molecule has 26 heavy (non-hydrogen) atoms. The molecule has 2 heteroatoms. The van der Waals surface area contributed by atoms with Gasteiger partial charge in [-0.1, -0.05) is 72.3 Å². The fourth-order valence-electron chi connectivity index (χ4n) is 2.42. The molecule has 2 aromatic rings. The maximum atomic E-state index is 5.73. The van der Waals surface area contributed by atoms with Crippen LogP contribution in [-0.2, 0) is 16.1 Å². The minimum atomic E-state index is 0.660. The smallest absolute Gasteiger partial charge is 0.0936 e. The molecule has 0 fully saturated rings. The molecule has 0 aliphatic heterocycles. The summed E-state index contributed by atoms with van der Waals surface area (Å²) in [5, 5.41) is 0. The third-order valence-electron chi connectivity index (χ3n) is 3.92. The van der Waals surface area contributed by atoms with Gasteiger partial charge in [0.25, 0.3) is 0 Å². The molecule has 0 unspecified atom stereocenters. The van der Waals surface area contributed by atoms with E-state index in [0.29, 0.717) is 13.2 Å². The van der Waals surface area contributed by atoms with Crippen molar-refractivity contribution in [3.05, 3.63) is 102 Å². The maximum absolute atomic E-state index is 5.73. The maximum Gasteiger partial charge on any atom is 0.0936 e. The minimum Gasteiger partial charge on any atom is -0.473 e. The standard InChI is InChI=1S/C24H28O2/c1-21(18-26-20-23-13-7-3-8-14-23)12-6-5-11-17-25-19-22(2)24-15-9-4-10-16-24/h3-4,7-17,19H,5-6,18,20H2,1-2H3/b17-11-,21-12+,22-19+. The Morgan fingerprint density at radius 2 is 1.58 bits per heavy atom. The van der Waals surface area contributed by atoms with Crippen LogP contribution in [-0.4, -0.2) is 6.61 Å². The van der Waals surface area contributed by atoms with E-state index in [2.05, 4.69) is 37.3 Å². The number of benzene rings is 2. The SMILES string of the molecule is C/C(=C\CC/C=C\O/C=C(\C)c1ccccc1)COCc1ccccc1. The fourth-order valence-corrected chi connectivity index (χ4v) is 2.42. The summed E-state index contributed by atoms with van der Waals surface area (Å²) in [5.41, 5.74) is 4.76. The van der Waals surface area contributed by atoms with Crippen molar-refractivity contribution >= 4 is 5.57 Å². The first-order valence-corrected chi connectivity index (χ1v) is 9.05. The van der Waals surface area contributed by atoms with Gasteiger partial charge in [0.2, 0.25) is 0 Å². The highest BCUT2D eigenvalue weighted by Gasteiger charge is 1.94. The van der Waals surface area contributed by atoms with Crippen molar-refractivity contribution < 1.29 is 9.47 Å². The molecule has 0 atom stereocenters. The third kappa shape index (κ3) is 8.00. The Morgan fingerprint density at radius 1 is 0.885 bits per heavy atom. The van der Waals surface area contributed by atoms with Gasteiger partial charge in [-0.3, -0.25) is 0 Å². The highest BCUT2D eigenvalue weighted by molar-refractivity contribution is 5.62. The van der Waals surface area contributed by atoms with E-state index in [-0.39, 0.29) is 0 Å². The molecule has 0 aromatic heterocycles. The largest absolute Gasteiger partial charge is 0.473 e. The van der Waals surface area contributed by atoms with Gasteiger partial charge in [0.1, 0.15) is 0 Å². The van der Waals surface area contributed by atoms with Gasteiger partial charge in [0.15, 0.2) is 0 Å². The fraction of sp³-hybridized carbons (Fsp3) is 0.250. The molecule has 136 valence electrons. The van der Waals surface area contributed by atoms with Crippen molar-refractivity contribution in [1.29, 1.82) is 0 Å². The monoisotopic (exact) mass is 348 g/mol. The summed E-state index contributed by atoms with van der Waals surface area (Å²) in [4.78, 5) is 0. The van der Waals surface area contributed by atoms with Crippen LogP contribution in [0.4, 0.5) is 0 Å². The van der Waals surface area contributed by atoms with E-state index in [1.165, 1.54) is 16.7 Å². The Morgan fingerprint density at radius 3 is 2.31 bits per heavy atom. The average molecular weight is 348 g/mol. The van der Waals surface area contributed by atoms with Gasteiger partial charge in [-0.25, -0.2) is 0 Å². The van der Waals surface area contributed by atoms with E-state index < -0.39 is 0 Å². The van der Waals surface area contributed by atoms with Crippen molar-refractivity contribution in [3.63, 3.8) is 0 Å². The molecule has 2 rings (SSSR count). The predicted octanol–water partition coefficient (Wildman–Crippen LogP) is 6.52. The number of ether oxygens (including phenoxy) is 2. The van der Waals surface area contributed by atoms with Crippen LogP contribution in [0.25, 0.3) is 5.57 Å². The summed E-state index contributed by atoms with van der Waals surface area (Å²) in [6, 6.07) is 20.5. The summed E-state index contributed by atoms with van der Waals surface area (Å²) < 4.78 is 11.2. The van der Waals surface area contributed by atoms with Crippen LogP contribution in [0.1, 0.15) is 37.8 Å². The molecular formula is C24H28O2. The van der Waals surface area contributed by atoms with Crippen LogP contribution >= 0.6 is 0 Å². The zero-order valence-corrected chi connectivity index (χ0v) is 15.7. The topological polar surface area (TPSA) is 18.5 Å². The van der Waals surface area contributed by atoms with Crippen LogP contribution in [0, 0.1) is 0 Å². The summed E-state index contributed by atoms with van der Waals surface area (Å²) >= 11 is 0. The second-order valence-electron chi connectivity index (χ2n) is 6.28. The second-order valence-corrected chi connectivity index (χ2v) is 6.28. The summed E-state index contributed by atoms with van der Waals surface area (Å²) in [5.74, 6) is 0. The Kier molecular flexibility index (Phi) is 9.02. The number of rotatable bonds is 10. The highest BCUT2D eigenvalue weighted by atomic mass is 16.5. The van der Waals surface area contributed by atoms with Crippen molar-refractivity contribution in [1.82, 2.24) is 0 Å². The van der Waals surface area contributed by atoms with Crippen molar-refractivity contribution in [2.24, 2.45) is 0 Å². The van der Waals surface area contributed by atoms with Crippen LogP contribution in [0.3, 0.4) is 0 Å². The lowest BCUT2D eigenvalue weighted by Gasteiger charge is -2.04. The average Bonchev–Trinajstić information content (AvgIpc) is 2.68. The van der Waals surface area contributed by atoms with Gasteiger partial charge >= 0.3 is 0 Å². The lowest BCUT2D eigenvalue weighted by atomic mass is 10.1. The Balaban J connectivity index is 1.59. The van der Waals surface area contributed by atoms with Gasteiger partial charge in [0.05, 0.1) is 25.7 Å². The highest BCUT2D eigenvalue weighted by Crippen LogP contribution is 2.12. The van der Waals surface area contributed by atoms with Gasteiger partial charge in [-0.2, -0.15) is 0 Å². The van der Waals surface area contributed by atoms with E-state index in [4.69, 9.17) is 9.47 Å². The Hall–Kier alpha value is -2.58. The zero-order valence-electron chi connectivity index (χ0n) is 15.7. The van der Waals surface area contributed by atoms with Crippen LogP contribution in [0.2, 0.25) is 0 Å². The van der Waals surface area contributed by atoms with Gasteiger partial charge in [-0.05, 0) is 49.5 Å². The molecular weight excluding hydrogens is 320 g/mol. The number of hydrogen-bond donors (Lipinski definition) is 0. The lowest BCUT2D eigenvalue weighted by Crippen LogP contribution is -1.96. The molecule has 0 heterocycles. The lowest BCUT2D eigenvalue weighted by molar-refractivity contribution is 0.142. The molecule has 0 bridgehead atoms. The Labute approximate surface area is 157 Å². The minimum absolute atomic E-state index is 0.660. The molecule has 2 aromatic carbocycles. The predicted molar refractivity (Wildman–Crippen MR) is 109 cm³/mol. The molecule has 2 nitrogen and oxygen atoms in total. The van der Waals surface area contributed by atoms with E-state index in [1.54, 1.807) is 12.5 Å². The normalized spacial score (nSPS) is 12.5. The first-order valence-electron chi connectivity index (χ1n) is 9.05. The molecule has 0 N–H and O–H groups in total. The number of unbranched alkanes of at least 4 members (excludes halogenated alkanes) is 1. The number of hydrogen-bond acceptors (Lipinski definition) is 2. The van der Waals surface area contributed by atoms with E-state index >= 15 is 0 Å². The van der Waals surface area contributed by atoms with E-state index in [9.17, 15) is 0 Å². The molecule has 0 saturated carbocycles. The quantitative estimate of drug-likeness (QED) is 0.276. The molecule has 0 amide bonds. The molecule has 0 aliphatic rings. The van der Waals surface area contributed by atoms with E-state index in [0.717, 1.165) is 18.4 Å². The number of allylic oxidation sites excluding steroid dienone is 3. The van der Waals surface area contributed by atoms with Crippen LogP contribution in [0.5, 0.6) is 0 Å².